The molecule has 3 heteroatoms. The summed E-state index contributed by atoms with van der Waals surface area (Å²) in [5, 5.41) is 12.3. The van der Waals surface area contributed by atoms with Gasteiger partial charge in [-0.1, -0.05) is 97.1 Å². The third-order valence-electron chi connectivity index (χ3n) is 5.69. The van der Waals surface area contributed by atoms with Crippen molar-refractivity contribution in [3.05, 3.63) is 138 Å². The van der Waals surface area contributed by atoms with E-state index in [2.05, 4.69) is 23.5 Å². The number of carbonyl (C=O) groups excluding carboxylic acids is 1. The molecule has 4 aromatic carbocycles. The van der Waals surface area contributed by atoms with Crippen LogP contribution in [0.5, 0.6) is 0 Å². The van der Waals surface area contributed by atoms with Gasteiger partial charge in [-0.15, -0.1) is 0 Å². The number of amides is 1. The van der Waals surface area contributed by atoms with Crippen LogP contribution in [0, 0.1) is 11.3 Å². The third kappa shape index (κ3) is 6.31. The molecular weight excluding hydrogens is 416 g/mol. The van der Waals surface area contributed by atoms with Crippen molar-refractivity contribution in [2.24, 2.45) is 0 Å². The molecule has 0 saturated carbocycles. The van der Waals surface area contributed by atoms with Crippen molar-refractivity contribution in [2.75, 3.05) is 0 Å². The normalized spacial score (nSPS) is 11.6. The highest BCUT2D eigenvalue weighted by Crippen LogP contribution is 2.19. The summed E-state index contributed by atoms with van der Waals surface area (Å²) in [6, 6.07) is 37.5. The number of hydrogen-bond acceptors (Lipinski definition) is 2. The molecule has 1 atom stereocenters. The summed E-state index contributed by atoms with van der Waals surface area (Å²) in [6.07, 6.45) is 5.56. The fraction of sp³-hybridized carbons (Fsp3) is 0.0968. The van der Waals surface area contributed by atoms with E-state index in [-0.39, 0.29) is 11.9 Å². The minimum Gasteiger partial charge on any atom is -0.346 e. The fourth-order valence-electron chi connectivity index (χ4n) is 3.82. The predicted molar refractivity (Wildman–Crippen MR) is 138 cm³/mol. The summed E-state index contributed by atoms with van der Waals surface area (Å²) in [4.78, 5) is 13.0. The SMILES string of the molecule is N#Cc1cccc(CCC(/C=C/c2ccccc2)NC(=O)c2ccc(-c3ccccc3)cc2)c1. The maximum Gasteiger partial charge on any atom is 0.251 e. The minimum absolute atomic E-state index is 0.104. The molecule has 4 rings (SSSR count). The second kappa shape index (κ2) is 11.4. The van der Waals surface area contributed by atoms with Crippen LogP contribution in [0.15, 0.2) is 115 Å². The van der Waals surface area contributed by atoms with Crippen molar-refractivity contribution >= 4 is 12.0 Å². The van der Waals surface area contributed by atoms with E-state index >= 15 is 0 Å². The van der Waals surface area contributed by atoms with Crippen LogP contribution in [0.25, 0.3) is 17.2 Å². The van der Waals surface area contributed by atoms with Crippen molar-refractivity contribution in [1.29, 1.82) is 5.26 Å². The van der Waals surface area contributed by atoms with Crippen LogP contribution in [0.3, 0.4) is 0 Å². The van der Waals surface area contributed by atoms with Crippen LogP contribution >= 0.6 is 0 Å². The molecule has 3 nitrogen and oxygen atoms in total. The first-order valence-electron chi connectivity index (χ1n) is 11.4. The van der Waals surface area contributed by atoms with E-state index in [4.69, 9.17) is 5.26 Å². The Kier molecular flexibility index (Phi) is 7.66. The number of carbonyl (C=O) groups is 1. The highest BCUT2D eigenvalue weighted by molar-refractivity contribution is 5.95. The lowest BCUT2D eigenvalue weighted by Crippen LogP contribution is -2.33. The van der Waals surface area contributed by atoms with Crippen LogP contribution < -0.4 is 5.32 Å². The molecule has 1 N–H and O–H groups in total. The Morgan fingerprint density at radius 2 is 1.50 bits per heavy atom. The Morgan fingerprint density at radius 3 is 2.21 bits per heavy atom. The number of nitrogens with zero attached hydrogens (tertiary/aromatic N) is 1. The number of nitrogens with one attached hydrogen (secondary N) is 1. The van der Waals surface area contributed by atoms with Crippen molar-refractivity contribution in [3.8, 4) is 17.2 Å². The molecule has 0 fully saturated rings. The lowest BCUT2D eigenvalue weighted by Gasteiger charge is -2.16. The molecule has 0 aromatic heterocycles. The van der Waals surface area contributed by atoms with Gasteiger partial charge < -0.3 is 5.32 Å². The van der Waals surface area contributed by atoms with E-state index in [9.17, 15) is 4.79 Å². The number of nitriles is 1. The van der Waals surface area contributed by atoms with E-state index in [0.717, 1.165) is 35.1 Å². The van der Waals surface area contributed by atoms with Gasteiger partial charge in [0, 0.05) is 11.6 Å². The first kappa shape index (κ1) is 22.8. The van der Waals surface area contributed by atoms with E-state index in [0.29, 0.717) is 11.1 Å². The number of aryl methyl sites for hydroxylation is 1. The standard InChI is InChI=1S/C31H26N2O/c32-23-26-11-7-10-25(22-26)15-21-30(20-14-24-8-3-1-4-9-24)33-31(34)29-18-16-28(17-19-29)27-12-5-2-6-13-27/h1-14,16-20,22,30H,15,21H2,(H,33,34)/b20-14+. The van der Waals surface area contributed by atoms with Gasteiger partial charge in [0.2, 0.25) is 0 Å². The molecule has 1 unspecified atom stereocenters. The van der Waals surface area contributed by atoms with Gasteiger partial charge >= 0.3 is 0 Å². The Balaban J connectivity index is 1.48. The lowest BCUT2D eigenvalue weighted by atomic mass is 10.0. The molecule has 0 aliphatic carbocycles. The van der Waals surface area contributed by atoms with Crippen LogP contribution in [0.2, 0.25) is 0 Å². The lowest BCUT2D eigenvalue weighted by molar-refractivity contribution is 0.0943. The molecule has 0 heterocycles. The Morgan fingerprint density at radius 1 is 0.824 bits per heavy atom. The molecule has 0 radical (unpaired) electrons. The molecule has 0 aliphatic heterocycles. The van der Waals surface area contributed by atoms with Gasteiger partial charge in [0.1, 0.15) is 0 Å². The average Bonchev–Trinajstić information content (AvgIpc) is 2.91. The quantitative estimate of drug-likeness (QED) is 0.331. The largest absolute Gasteiger partial charge is 0.346 e. The molecule has 0 bridgehead atoms. The molecule has 0 spiro atoms. The predicted octanol–water partition coefficient (Wildman–Crippen LogP) is 6.67. The van der Waals surface area contributed by atoms with E-state index in [1.165, 1.54) is 0 Å². The zero-order chi connectivity index (χ0) is 23.6. The monoisotopic (exact) mass is 442 g/mol. The molecule has 0 aliphatic rings. The summed E-state index contributed by atoms with van der Waals surface area (Å²) in [5.41, 5.74) is 5.65. The van der Waals surface area contributed by atoms with E-state index < -0.39 is 0 Å². The van der Waals surface area contributed by atoms with Crippen molar-refractivity contribution in [3.63, 3.8) is 0 Å². The number of benzene rings is 4. The highest BCUT2D eigenvalue weighted by atomic mass is 16.1. The maximum atomic E-state index is 13.0. The zero-order valence-electron chi connectivity index (χ0n) is 18.9. The van der Waals surface area contributed by atoms with Gasteiger partial charge in [-0.25, -0.2) is 0 Å². The van der Waals surface area contributed by atoms with Crippen molar-refractivity contribution in [1.82, 2.24) is 5.32 Å². The first-order valence-corrected chi connectivity index (χ1v) is 11.4. The molecule has 1 amide bonds. The minimum atomic E-state index is -0.146. The van der Waals surface area contributed by atoms with Gasteiger partial charge in [-0.05, 0) is 59.4 Å². The Labute approximate surface area is 201 Å². The summed E-state index contributed by atoms with van der Waals surface area (Å²) < 4.78 is 0. The topological polar surface area (TPSA) is 52.9 Å². The van der Waals surface area contributed by atoms with Gasteiger partial charge in [-0.3, -0.25) is 4.79 Å². The summed E-state index contributed by atoms with van der Waals surface area (Å²) >= 11 is 0. The summed E-state index contributed by atoms with van der Waals surface area (Å²) in [6.45, 7) is 0. The number of hydrogen-bond donors (Lipinski definition) is 1. The van der Waals surface area contributed by atoms with E-state index in [1.807, 2.05) is 103 Å². The molecule has 34 heavy (non-hydrogen) atoms. The number of rotatable bonds is 8. The van der Waals surface area contributed by atoms with Crippen LogP contribution in [-0.2, 0) is 6.42 Å². The molecular formula is C31H26N2O. The average molecular weight is 443 g/mol. The van der Waals surface area contributed by atoms with Gasteiger partial charge in [0.05, 0.1) is 11.6 Å². The van der Waals surface area contributed by atoms with Crippen LogP contribution in [0.4, 0.5) is 0 Å². The van der Waals surface area contributed by atoms with Gasteiger partial charge in [-0.2, -0.15) is 5.26 Å². The van der Waals surface area contributed by atoms with Crippen LogP contribution in [0.1, 0.15) is 33.5 Å². The molecule has 166 valence electrons. The maximum absolute atomic E-state index is 13.0. The Bertz CT molecular complexity index is 1290. The fourth-order valence-corrected chi connectivity index (χ4v) is 3.82. The van der Waals surface area contributed by atoms with Crippen molar-refractivity contribution in [2.45, 2.75) is 18.9 Å². The van der Waals surface area contributed by atoms with Gasteiger partial charge in [0.25, 0.3) is 5.91 Å². The van der Waals surface area contributed by atoms with Crippen LogP contribution in [-0.4, -0.2) is 11.9 Å². The van der Waals surface area contributed by atoms with Gasteiger partial charge in [0.15, 0.2) is 0 Å². The molecule has 0 saturated heterocycles. The third-order valence-corrected chi connectivity index (χ3v) is 5.69. The zero-order valence-corrected chi connectivity index (χ0v) is 18.9. The summed E-state index contributed by atoms with van der Waals surface area (Å²) in [7, 11) is 0. The Hall–Kier alpha value is -4.42. The smallest absolute Gasteiger partial charge is 0.251 e. The van der Waals surface area contributed by atoms with Crippen molar-refractivity contribution < 1.29 is 4.79 Å². The second-order valence-corrected chi connectivity index (χ2v) is 8.14. The van der Waals surface area contributed by atoms with E-state index in [1.54, 1.807) is 6.07 Å². The second-order valence-electron chi connectivity index (χ2n) is 8.14. The molecule has 4 aromatic rings. The highest BCUT2D eigenvalue weighted by Gasteiger charge is 2.12. The summed E-state index contributed by atoms with van der Waals surface area (Å²) in [5.74, 6) is -0.104. The first-order chi connectivity index (χ1) is 16.7.